The molecule has 0 saturated heterocycles. The minimum Gasteiger partial charge on any atom is -1.00 e. The molecule has 0 N–H and O–H groups in total. The summed E-state index contributed by atoms with van der Waals surface area (Å²) in [6.07, 6.45) is 1.63. The minimum absolute atomic E-state index is 0. The molecule has 0 aliphatic rings. The maximum atomic E-state index is 11.1. The van der Waals surface area contributed by atoms with E-state index in [-0.39, 0.29) is 50.0 Å². The van der Waals surface area contributed by atoms with Gasteiger partial charge in [0.15, 0.2) is 0 Å². The molecule has 0 amide bonds. The van der Waals surface area contributed by atoms with E-state index in [1.807, 2.05) is 18.2 Å². The van der Waals surface area contributed by atoms with Crippen LogP contribution in [0.5, 0.6) is 5.75 Å². The predicted octanol–water partition coefficient (Wildman–Crippen LogP) is -1.27. The number of fused-ring (bicyclic) bond motifs is 1. The van der Waals surface area contributed by atoms with Crippen LogP contribution in [0.3, 0.4) is 0 Å². The summed E-state index contributed by atoms with van der Waals surface area (Å²) in [5, 5.41) is 12.0. The van der Waals surface area contributed by atoms with Crippen molar-refractivity contribution in [3.63, 3.8) is 0 Å². The third kappa shape index (κ3) is 3.09. The van der Waals surface area contributed by atoms with Gasteiger partial charge in [0, 0.05) is 6.20 Å². The van der Waals surface area contributed by atoms with Crippen LogP contribution >= 0.6 is 12.4 Å². The Bertz CT molecular complexity index is 392. The second-order valence-electron chi connectivity index (χ2n) is 2.33. The van der Waals surface area contributed by atoms with E-state index in [4.69, 9.17) is 0 Å². The smallest absolute Gasteiger partial charge is 1.00 e. The fraction of sp³-hybridized carbons (Fsp3) is 0. The third-order valence-corrected chi connectivity index (χ3v) is 1.60. The molecule has 14 heavy (non-hydrogen) atoms. The monoisotopic (exact) mass is 279 g/mol. The van der Waals surface area contributed by atoms with Crippen molar-refractivity contribution < 1.29 is 37.0 Å². The number of hydrogen-bond donors (Lipinski definition) is 0. The quantitative estimate of drug-likeness (QED) is 0.565. The Labute approximate surface area is 107 Å². The topological polar surface area (TPSA) is 36.0 Å². The van der Waals surface area contributed by atoms with Crippen LogP contribution in [0.2, 0.25) is 0 Å². The first-order valence-corrected chi connectivity index (χ1v) is 3.39. The van der Waals surface area contributed by atoms with Crippen LogP contribution in [0.25, 0.3) is 10.9 Å². The Morgan fingerprint density at radius 3 is 2.36 bits per heavy atom. The third-order valence-electron chi connectivity index (χ3n) is 1.60. The Morgan fingerprint density at radius 1 is 1.07 bits per heavy atom. The van der Waals surface area contributed by atoms with E-state index < -0.39 is 0 Å². The van der Waals surface area contributed by atoms with Crippen molar-refractivity contribution in [1.29, 1.82) is 0 Å². The number of nitrogens with zero attached hydrogens (tertiary/aromatic N) is 1. The Balaban J connectivity index is 0. The summed E-state index contributed by atoms with van der Waals surface area (Å²) in [7, 11) is 0. The van der Waals surface area contributed by atoms with Gasteiger partial charge in [0.25, 0.3) is 0 Å². The second kappa shape index (κ2) is 7.00. The molecule has 0 atom stereocenters. The molecule has 0 unspecified atom stereocenters. The van der Waals surface area contributed by atoms with E-state index in [1.165, 1.54) is 6.07 Å². The van der Waals surface area contributed by atoms with Crippen molar-refractivity contribution in [2.75, 3.05) is 0 Å². The van der Waals surface area contributed by atoms with E-state index in [0.29, 0.717) is 5.52 Å². The van der Waals surface area contributed by atoms with Crippen molar-refractivity contribution in [2.24, 2.45) is 0 Å². The molecule has 2 aromatic rings. The average Bonchev–Trinajstić information content (AvgIpc) is 2.06. The van der Waals surface area contributed by atoms with Crippen molar-refractivity contribution in [3.8, 4) is 5.75 Å². The van der Waals surface area contributed by atoms with Gasteiger partial charge in [0.05, 0.1) is 5.52 Å². The maximum absolute atomic E-state index is 11.1. The van der Waals surface area contributed by atoms with E-state index in [9.17, 15) is 5.11 Å². The van der Waals surface area contributed by atoms with Crippen LogP contribution < -0.4 is 17.5 Å². The van der Waals surface area contributed by atoms with Gasteiger partial charge < -0.3 is 17.5 Å². The Hall–Kier alpha value is -0.367. The summed E-state index contributed by atoms with van der Waals surface area (Å²) in [6, 6.07) is 8.84. The summed E-state index contributed by atoms with van der Waals surface area (Å²) in [5.74, 6) is -0.0110. The summed E-state index contributed by atoms with van der Waals surface area (Å²) in [6.45, 7) is 0. The molecule has 0 spiro atoms. The molecular formula is C9H7Cl2NOZn. The summed E-state index contributed by atoms with van der Waals surface area (Å²) in [4.78, 5) is 3.97. The summed E-state index contributed by atoms with van der Waals surface area (Å²) in [5.41, 5.74) is 0.551. The number of hydrogen-bond acceptors (Lipinski definition) is 2. The zero-order valence-corrected chi connectivity index (χ0v) is 11.9. The number of halogens is 2. The molecule has 0 saturated carbocycles. The first-order valence-electron chi connectivity index (χ1n) is 3.39. The van der Waals surface area contributed by atoms with Gasteiger partial charge in [0.1, 0.15) is 0 Å². The molecule has 70 valence electrons. The molecule has 5 heteroatoms. The van der Waals surface area contributed by atoms with Gasteiger partial charge in [-0.15, -0.1) is 12.4 Å². The fourth-order valence-electron chi connectivity index (χ4n) is 1.08. The van der Waals surface area contributed by atoms with Gasteiger partial charge in [-0.1, -0.05) is 30.0 Å². The van der Waals surface area contributed by atoms with Gasteiger partial charge in [-0.2, -0.15) is 0 Å². The van der Waals surface area contributed by atoms with E-state index in [2.05, 4.69) is 4.98 Å². The largest absolute Gasteiger partial charge is 2.00 e. The molecule has 0 bridgehead atoms. The van der Waals surface area contributed by atoms with Gasteiger partial charge in [0.2, 0.25) is 0 Å². The molecule has 1 aromatic carbocycles. The molecule has 0 radical (unpaired) electrons. The molecular weight excluding hydrogens is 274 g/mol. The zero-order valence-electron chi connectivity index (χ0n) is 7.31. The van der Waals surface area contributed by atoms with E-state index in [0.717, 1.165) is 5.39 Å². The first-order chi connectivity index (χ1) is 5.38. The molecule has 1 heterocycles. The maximum Gasteiger partial charge on any atom is 2.00 e. The Morgan fingerprint density at radius 2 is 1.71 bits per heavy atom. The number of aromatic nitrogens is 1. The number of rotatable bonds is 0. The second-order valence-corrected chi connectivity index (χ2v) is 2.33. The molecule has 2 nitrogen and oxygen atoms in total. The predicted molar refractivity (Wildman–Crippen MR) is 48.4 cm³/mol. The molecule has 0 aliphatic carbocycles. The van der Waals surface area contributed by atoms with Crippen LogP contribution in [-0.2, 0) is 19.5 Å². The van der Waals surface area contributed by atoms with E-state index in [1.54, 1.807) is 12.3 Å². The molecule has 0 fully saturated rings. The van der Waals surface area contributed by atoms with Crippen LogP contribution in [0.1, 0.15) is 0 Å². The van der Waals surface area contributed by atoms with Crippen molar-refractivity contribution in [3.05, 3.63) is 36.5 Å². The van der Waals surface area contributed by atoms with Gasteiger partial charge in [-0.3, -0.25) is 4.98 Å². The van der Waals surface area contributed by atoms with Crippen LogP contribution in [-0.4, -0.2) is 4.98 Å². The van der Waals surface area contributed by atoms with Crippen molar-refractivity contribution in [1.82, 2.24) is 4.98 Å². The van der Waals surface area contributed by atoms with Crippen LogP contribution in [0.4, 0.5) is 0 Å². The van der Waals surface area contributed by atoms with Gasteiger partial charge in [-0.25, -0.2) is 0 Å². The summed E-state index contributed by atoms with van der Waals surface area (Å²) < 4.78 is 0. The van der Waals surface area contributed by atoms with Gasteiger partial charge in [-0.05, 0) is 11.5 Å². The standard InChI is InChI=1S/C9H7NO.2ClH.Zn/c11-8-5-1-3-7-4-2-6-10-9(7)8;;;/h1-6,11H;2*1H;/q;;;+2/p-2. The molecule has 1 aromatic heterocycles. The number of para-hydroxylation sites is 1. The Kier molecular flexibility index (Phi) is 8.03. The fourth-order valence-corrected chi connectivity index (χ4v) is 1.08. The minimum atomic E-state index is -0.0110. The van der Waals surface area contributed by atoms with Crippen LogP contribution in [0, 0.1) is 0 Å². The zero-order chi connectivity index (χ0) is 7.68. The van der Waals surface area contributed by atoms with E-state index >= 15 is 0 Å². The molecule has 0 aliphatic heterocycles. The number of benzene rings is 1. The summed E-state index contributed by atoms with van der Waals surface area (Å²) >= 11 is 0. The number of pyridine rings is 1. The van der Waals surface area contributed by atoms with Crippen molar-refractivity contribution >= 4 is 23.3 Å². The van der Waals surface area contributed by atoms with Crippen LogP contribution in [0.15, 0.2) is 36.5 Å². The first kappa shape index (κ1) is 16.1. The SMILES string of the molecule is Cl.[Cl-].[O-]c1cccc2cccnc12.[Zn+2]. The van der Waals surface area contributed by atoms with Crippen molar-refractivity contribution in [2.45, 2.75) is 0 Å². The normalized spacial score (nSPS) is 8.00. The van der Waals surface area contributed by atoms with Gasteiger partial charge >= 0.3 is 19.5 Å². The molecule has 2 rings (SSSR count). The average molecular weight is 281 g/mol.